The summed E-state index contributed by atoms with van der Waals surface area (Å²) >= 11 is 5.96. The van der Waals surface area contributed by atoms with Crippen LogP contribution in [0.5, 0.6) is 5.75 Å². The number of nitrogens with zero attached hydrogens (tertiary/aromatic N) is 2. The van der Waals surface area contributed by atoms with Crippen molar-refractivity contribution in [3.05, 3.63) is 35.0 Å². The first-order chi connectivity index (χ1) is 11.5. The lowest BCUT2D eigenvalue weighted by Crippen LogP contribution is -2.28. The average Bonchev–Trinajstić information content (AvgIpc) is 3.13. The summed E-state index contributed by atoms with van der Waals surface area (Å²) < 4.78 is 10.2. The van der Waals surface area contributed by atoms with Gasteiger partial charge in [-0.05, 0) is 25.1 Å². The molecule has 0 bridgehead atoms. The Balaban J connectivity index is 1.73. The van der Waals surface area contributed by atoms with Crippen LogP contribution >= 0.6 is 11.6 Å². The standard InChI is InChI=1S/C16H16ClN3O4/c1-9-5-14(19-24-9)20-8-10(6-15(20)21)16(22)18-12-7-11(17)3-4-13(12)23-2/h3-5,7,10H,6,8H2,1-2H3,(H,18,22). The van der Waals surface area contributed by atoms with Gasteiger partial charge in [-0.25, -0.2) is 0 Å². The summed E-state index contributed by atoms with van der Waals surface area (Å²) in [6.45, 7) is 1.99. The van der Waals surface area contributed by atoms with Gasteiger partial charge in [0.05, 0.1) is 18.7 Å². The van der Waals surface area contributed by atoms with Crippen LogP contribution in [0.3, 0.4) is 0 Å². The molecule has 1 aliphatic heterocycles. The Morgan fingerprint density at radius 1 is 1.46 bits per heavy atom. The van der Waals surface area contributed by atoms with Crippen molar-refractivity contribution in [2.45, 2.75) is 13.3 Å². The van der Waals surface area contributed by atoms with Gasteiger partial charge in [0, 0.05) is 24.1 Å². The summed E-state index contributed by atoms with van der Waals surface area (Å²) in [7, 11) is 1.51. The summed E-state index contributed by atoms with van der Waals surface area (Å²) in [6, 6.07) is 6.61. The first-order valence-electron chi connectivity index (χ1n) is 7.36. The molecule has 2 amide bonds. The number of benzene rings is 1. The monoisotopic (exact) mass is 349 g/mol. The predicted molar refractivity (Wildman–Crippen MR) is 88.3 cm³/mol. The molecule has 1 fully saturated rings. The predicted octanol–water partition coefficient (Wildman–Crippen LogP) is 2.64. The van der Waals surface area contributed by atoms with Crippen molar-refractivity contribution >= 4 is 34.9 Å². The lowest BCUT2D eigenvalue weighted by molar-refractivity contribution is -0.122. The number of hydrogen-bond donors (Lipinski definition) is 1. The molecule has 0 spiro atoms. The summed E-state index contributed by atoms with van der Waals surface area (Å²) in [4.78, 5) is 26.1. The van der Waals surface area contributed by atoms with Gasteiger partial charge in [-0.15, -0.1) is 0 Å². The Morgan fingerprint density at radius 3 is 2.92 bits per heavy atom. The highest BCUT2D eigenvalue weighted by molar-refractivity contribution is 6.31. The maximum absolute atomic E-state index is 12.5. The zero-order valence-corrected chi connectivity index (χ0v) is 14.0. The maximum atomic E-state index is 12.5. The summed E-state index contributed by atoms with van der Waals surface area (Å²) in [5, 5.41) is 7.08. The van der Waals surface area contributed by atoms with Gasteiger partial charge in [-0.2, -0.15) is 0 Å². The summed E-state index contributed by atoms with van der Waals surface area (Å²) in [5.74, 6) is 0.606. The SMILES string of the molecule is COc1ccc(Cl)cc1NC(=O)C1CC(=O)N(c2cc(C)on2)C1. The van der Waals surface area contributed by atoms with Gasteiger partial charge in [0.1, 0.15) is 11.5 Å². The Bertz CT molecular complexity index is 789. The fraction of sp³-hybridized carbons (Fsp3) is 0.312. The molecule has 1 atom stereocenters. The number of carbonyl (C=O) groups is 2. The molecular formula is C16H16ClN3O4. The minimum atomic E-state index is -0.488. The van der Waals surface area contributed by atoms with E-state index < -0.39 is 5.92 Å². The number of methoxy groups -OCH3 is 1. The second kappa shape index (κ2) is 6.52. The quantitative estimate of drug-likeness (QED) is 0.917. The number of ether oxygens (including phenoxy) is 1. The van der Waals surface area contributed by atoms with E-state index in [0.29, 0.717) is 28.0 Å². The van der Waals surface area contributed by atoms with Gasteiger partial charge >= 0.3 is 0 Å². The zero-order valence-electron chi connectivity index (χ0n) is 13.2. The van der Waals surface area contributed by atoms with Crippen LogP contribution < -0.4 is 15.0 Å². The van der Waals surface area contributed by atoms with Crippen LogP contribution in [-0.2, 0) is 9.59 Å². The third-order valence-electron chi connectivity index (χ3n) is 3.81. The third-order valence-corrected chi connectivity index (χ3v) is 4.04. The number of aryl methyl sites for hydroxylation is 1. The van der Waals surface area contributed by atoms with Gasteiger partial charge in [0.2, 0.25) is 11.8 Å². The lowest BCUT2D eigenvalue weighted by atomic mass is 10.1. The lowest BCUT2D eigenvalue weighted by Gasteiger charge is -2.14. The number of hydrogen-bond acceptors (Lipinski definition) is 5. The van der Waals surface area contributed by atoms with E-state index in [4.69, 9.17) is 20.9 Å². The highest BCUT2D eigenvalue weighted by Crippen LogP contribution is 2.30. The van der Waals surface area contributed by atoms with Gasteiger partial charge in [0.25, 0.3) is 0 Å². The Labute approximate surface area is 143 Å². The van der Waals surface area contributed by atoms with Gasteiger partial charge in [0.15, 0.2) is 5.82 Å². The van der Waals surface area contributed by atoms with Crippen LogP contribution in [0.25, 0.3) is 0 Å². The Hall–Kier alpha value is -2.54. The molecule has 1 aliphatic rings. The van der Waals surface area contributed by atoms with Gasteiger partial charge < -0.3 is 14.6 Å². The van der Waals surface area contributed by atoms with Crippen LogP contribution in [-0.4, -0.2) is 30.6 Å². The van der Waals surface area contributed by atoms with Crippen molar-refractivity contribution in [3.63, 3.8) is 0 Å². The summed E-state index contributed by atoms with van der Waals surface area (Å²) in [5.41, 5.74) is 0.471. The molecule has 8 heteroatoms. The smallest absolute Gasteiger partial charge is 0.229 e. The molecule has 0 radical (unpaired) electrons. The van der Waals surface area contributed by atoms with E-state index in [9.17, 15) is 9.59 Å². The number of amides is 2. The minimum Gasteiger partial charge on any atom is -0.495 e. The van der Waals surface area contributed by atoms with Crippen molar-refractivity contribution in [2.24, 2.45) is 5.92 Å². The fourth-order valence-corrected chi connectivity index (χ4v) is 2.77. The zero-order chi connectivity index (χ0) is 17.3. The normalized spacial score (nSPS) is 17.2. The Kier molecular flexibility index (Phi) is 4.44. The van der Waals surface area contributed by atoms with Crippen molar-refractivity contribution in [1.29, 1.82) is 0 Å². The van der Waals surface area contributed by atoms with E-state index in [-0.39, 0.29) is 24.8 Å². The number of anilines is 2. The first kappa shape index (κ1) is 16.3. The van der Waals surface area contributed by atoms with Crippen LogP contribution in [0, 0.1) is 12.8 Å². The van der Waals surface area contributed by atoms with E-state index in [0.717, 1.165) is 0 Å². The van der Waals surface area contributed by atoms with Crippen LogP contribution in [0.15, 0.2) is 28.8 Å². The molecule has 126 valence electrons. The van der Waals surface area contributed by atoms with Crippen LogP contribution in [0.2, 0.25) is 5.02 Å². The fourth-order valence-electron chi connectivity index (χ4n) is 2.60. The largest absolute Gasteiger partial charge is 0.495 e. The topological polar surface area (TPSA) is 84.7 Å². The first-order valence-corrected chi connectivity index (χ1v) is 7.74. The van der Waals surface area contributed by atoms with Crippen molar-refractivity contribution in [1.82, 2.24) is 5.16 Å². The molecule has 1 aromatic heterocycles. The van der Waals surface area contributed by atoms with E-state index in [1.54, 1.807) is 31.2 Å². The molecular weight excluding hydrogens is 334 g/mol. The molecule has 0 saturated carbocycles. The number of nitrogens with one attached hydrogen (secondary N) is 1. The van der Waals surface area contributed by atoms with E-state index in [2.05, 4.69) is 10.5 Å². The molecule has 1 N–H and O–H groups in total. The van der Waals surface area contributed by atoms with Crippen LogP contribution in [0.4, 0.5) is 11.5 Å². The number of rotatable bonds is 4. The molecule has 2 heterocycles. The third kappa shape index (κ3) is 3.21. The second-order valence-electron chi connectivity index (χ2n) is 5.54. The highest BCUT2D eigenvalue weighted by atomic mass is 35.5. The van der Waals surface area contributed by atoms with Gasteiger partial charge in [-0.3, -0.25) is 14.5 Å². The molecule has 1 saturated heterocycles. The highest BCUT2D eigenvalue weighted by Gasteiger charge is 2.36. The molecule has 1 aromatic carbocycles. The maximum Gasteiger partial charge on any atom is 0.229 e. The average molecular weight is 350 g/mol. The van der Waals surface area contributed by atoms with E-state index in [1.165, 1.54) is 12.0 Å². The van der Waals surface area contributed by atoms with Crippen molar-refractivity contribution < 1.29 is 18.8 Å². The molecule has 24 heavy (non-hydrogen) atoms. The van der Waals surface area contributed by atoms with Crippen molar-refractivity contribution in [2.75, 3.05) is 23.9 Å². The van der Waals surface area contributed by atoms with E-state index >= 15 is 0 Å². The van der Waals surface area contributed by atoms with Crippen LogP contribution in [0.1, 0.15) is 12.2 Å². The summed E-state index contributed by atoms with van der Waals surface area (Å²) in [6.07, 6.45) is 0.112. The molecule has 0 aliphatic carbocycles. The second-order valence-corrected chi connectivity index (χ2v) is 5.97. The Morgan fingerprint density at radius 2 is 2.25 bits per heavy atom. The van der Waals surface area contributed by atoms with Gasteiger partial charge in [-0.1, -0.05) is 16.8 Å². The molecule has 3 rings (SSSR count). The number of halogens is 1. The number of aromatic nitrogens is 1. The van der Waals surface area contributed by atoms with E-state index in [1.807, 2.05) is 0 Å². The molecule has 1 unspecified atom stereocenters. The minimum absolute atomic E-state index is 0.112. The molecule has 7 nitrogen and oxygen atoms in total. The molecule has 2 aromatic rings. The number of carbonyl (C=O) groups excluding carboxylic acids is 2. The van der Waals surface area contributed by atoms with Crippen molar-refractivity contribution in [3.8, 4) is 5.75 Å².